The van der Waals surface area contributed by atoms with Gasteiger partial charge in [-0.3, -0.25) is 4.79 Å². The summed E-state index contributed by atoms with van der Waals surface area (Å²) in [5.74, 6) is -2.36. The Labute approximate surface area is 228 Å². The number of benzene rings is 1. The van der Waals surface area contributed by atoms with Crippen molar-refractivity contribution >= 4 is 29.1 Å². The summed E-state index contributed by atoms with van der Waals surface area (Å²) in [5, 5.41) is 4.30. The molecule has 0 aliphatic carbocycles. The highest BCUT2D eigenvalue weighted by Crippen LogP contribution is 2.31. The topological polar surface area (TPSA) is 85.8 Å². The molecule has 2 aromatic rings. The molecular formula is C25H29Cl2F3N4O4. The van der Waals surface area contributed by atoms with Crippen LogP contribution in [0, 0.1) is 6.92 Å². The highest BCUT2D eigenvalue weighted by molar-refractivity contribution is 6.34. The molecule has 1 N–H and O–H groups in total. The molecule has 0 radical (unpaired) electrons. The molecule has 0 bridgehead atoms. The molecule has 38 heavy (non-hydrogen) atoms. The Kier molecular flexibility index (Phi) is 9.36. The van der Waals surface area contributed by atoms with E-state index in [1.54, 1.807) is 19.2 Å². The summed E-state index contributed by atoms with van der Waals surface area (Å²) in [5.41, 5.74) is 0.333. The highest BCUT2D eigenvalue weighted by atomic mass is 35.5. The highest BCUT2D eigenvalue weighted by Gasteiger charge is 2.38. The number of likely N-dealkylation sites (tertiary alicyclic amines) is 1. The number of amides is 1. The van der Waals surface area contributed by atoms with Crippen LogP contribution in [0.4, 0.5) is 13.2 Å². The molecule has 1 amide bonds. The van der Waals surface area contributed by atoms with Crippen molar-refractivity contribution < 1.29 is 32.2 Å². The lowest BCUT2D eigenvalue weighted by Gasteiger charge is -2.38. The first-order valence-corrected chi connectivity index (χ1v) is 13.0. The predicted octanol–water partition coefficient (Wildman–Crippen LogP) is 4.69. The Morgan fingerprint density at radius 1 is 1.16 bits per heavy atom. The van der Waals surface area contributed by atoms with E-state index in [1.807, 2.05) is 0 Å². The largest absolute Gasteiger partial charge is 0.472 e. The number of rotatable bonds is 7. The normalized spacial score (nSPS) is 21.0. The van der Waals surface area contributed by atoms with Gasteiger partial charge in [-0.1, -0.05) is 23.2 Å². The Hall–Kier alpha value is -2.18. The smallest absolute Gasteiger partial charge is 0.451 e. The Morgan fingerprint density at radius 2 is 1.84 bits per heavy atom. The Balaban J connectivity index is 1.47. The average Bonchev–Trinajstić information content (AvgIpc) is 2.87. The summed E-state index contributed by atoms with van der Waals surface area (Å²) in [6, 6.07) is 4.98. The maximum absolute atomic E-state index is 13.6. The third-order valence-corrected chi connectivity index (χ3v) is 7.13. The van der Waals surface area contributed by atoms with Crippen molar-refractivity contribution in [1.82, 2.24) is 20.2 Å². The van der Waals surface area contributed by atoms with Crippen LogP contribution in [0.2, 0.25) is 10.0 Å². The van der Waals surface area contributed by atoms with Crippen LogP contribution in [0.25, 0.3) is 0 Å². The van der Waals surface area contributed by atoms with E-state index < -0.39 is 17.9 Å². The zero-order chi connectivity index (χ0) is 27.4. The van der Waals surface area contributed by atoms with Gasteiger partial charge >= 0.3 is 6.18 Å². The monoisotopic (exact) mass is 576 g/mol. The van der Waals surface area contributed by atoms with E-state index in [2.05, 4.69) is 15.3 Å². The van der Waals surface area contributed by atoms with Gasteiger partial charge < -0.3 is 24.4 Å². The molecule has 1 aromatic carbocycles. The summed E-state index contributed by atoms with van der Waals surface area (Å²) in [6.45, 7) is 3.25. The standard InChI is InChI=1S/C25H29Cl2F3N4O4/c1-14-21(23(35)34-6-3-18(4-7-34)31-19-5-8-37-13-20(19)36-2)32-24(25(28,29)30)33-22(14)38-12-15-9-16(26)11-17(27)10-15/h9-11,18-20,31H,3-8,12-13H2,1-2H3/t19-,20+/m0/s1. The van der Waals surface area contributed by atoms with Gasteiger partial charge in [-0.15, -0.1) is 0 Å². The minimum Gasteiger partial charge on any atom is -0.472 e. The third-order valence-electron chi connectivity index (χ3n) is 6.69. The summed E-state index contributed by atoms with van der Waals surface area (Å²) in [6.07, 6.45) is -2.79. The van der Waals surface area contributed by atoms with Crippen LogP contribution >= 0.6 is 23.2 Å². The molecule has 2 atom stereocenters. The molecule has 0 spiro atoms. The second-order valence-corrected chi connectivity index (χ2v) is 10.2. The van der Waals surface area contributed by atoms with Crippen molar-refractivity contribution in [1.29, 1.82) is 0 Å². The van der Waals surface area contributed by atoms with E-state index in [0.29, 0.717) is 54.8 Å². The minimum absolute atomic E-state index is 0.0470. The van der Waals surface area contributed by atoms with Crippen molar-refractivity contribution in [2.75, 3.05) is 33.4 Å². The number of aromatic nitrogens is 2. The Bertz CT molecular complexity index is 1130. The summed E-state index contributed by atoms with van der Waals surface area (Å²) < 4.78 is 57.4. The van der Waals surface area contributed by atoms with E-state index in [4.69, 9.17) is 37.4 Å². The maximum Gasteiger partial charge on any atom is 0.451 e. The molecule has 3 heterocycles. The van der Waals surface area contributed by atoms with Crippen LogP contribution in [0.3, 0.4) is 0 Å². The van der Waals surface area contributed by atoms with E-state index in [1.165, 1.54) is 17.9 Å². The number of carbonyl (C=O) groups excluding carboxylic acids is 1. The molecule has 2 aliphatic heterocycles. The number of nitrogens with zero attached hydrogens (tertiary/aromatic N) is 3. The van der Waals surface area contributed by atoms with Crippen molar-refractivity contribution in [3.05, 3.63) is 50.9 Å². The number of carbonyl (C=O) groups is 1. The lowest BCUT2D eigenvalue weighted by molar-refractivity contribution is -0.145. The van der Waals surface area contributed by atoms with E-state index in [0.717, 1.165) is 6.42 Å². The van der Waals surface area contributed by atoms with Crippen LogP contribution in [-0.4, -0.2) is 72.4 Å². The first kappa shape index (κ1) is 28.8. The number of alkyl halides is 3. The van der Waals surface area contributed by atoms with Gasteiger partial charge in [0.05, 0.1) is 12.7 Å². The summed E-state index contributed by atoms with van der Waals surface area (Å²) in [4.78, 5) is 22.0. The molecule has 2 saturated heterocycles. The molecule has 1 aromatic heterocycles. The fraction of sp³-hybridized carbons (Fsp3) is 0.560. The molecule has 4 rings (SSSR count). The SMILES string of the molecule is CO[C@@H]1COCC[C@@H]1NC1CCN(C(=O)c2nc(C(F)(F)F)nc(OCc3cc(Cl)cc(Cl)c3)c2C)CC1. The van der Waals surface area contributed by atoms with Gasteiger partial charge in [0.2, 0.25) is 11.7 Å². The number of methoxy groups -OCH3 is 1. The molecule has 8 nitrogen and oxygen atoms in total. The second-order valence-electron chi connectivity index (χ2n) is 9.37. The number of ether oxygens (including phenoxy) is 3. The zero-order valence-corrected chi connectivity index (χ0v) is 22.5. The predicted molar refractivity (Wildman–Crippen MR) is 135 cm³/mol. The zero-order valence-electron chi connectivity index (χ0n) is 21.0. The molecule has 2 fully saturated rings. The first-order valence-electron chi connectivity index (χ1n) is 12.2. The maximum atomic E-state index is 13.6. The average molecular weight is 577 g/mol. The molecular weight excluding hydrogens is 548 g/mol. The quantitative estimate of drug-likeness (QED) is 0.512. The van der Waals surface area contributed by atoms with Gasteiger partial charge in [0, 0.05) is 54.5 Å². The van der Waals surface area contributed by atoms with E-state index in [-0.39, 0.29) is 41.9 Å². The fourth-order valence-corrected chi connectivity index (χ4v) is 5.23. The van der Waals surface area contributed by atoms with E-state index in [9.17, 15) is 18.0 Å². The van der Waals surface area contributed by atoms with Crippen LogP contribution < -0.4 is 10.1 Å². The minimum atomic E-state index is -4.86. The lowest BCUT2D eigenvalue weighted by atomic mass is 9.99. The van der Waals surface area contributed by atoms with Gasteiger partial charge in [0.25, 0.3) is 5.91 Å². The van der Waals surface area contributed by atoms with Crippen LogP contribution in [-0.2, 0) is 22.3 Å². The molecule has 208 valence electrons. The number of halogens is 5. The Morgan fingerprint density at radius 3 is 2.47 bits per heavy atom. The van der Waals surface area contributed by atoms with Crippen LogP contribution in [0.15, 0.2) is 18.2 Å². The van der Waals surface area contributed by atoms with Crippen LogP contribution in [0.5, 0.6) is 5.88 Å². The number of hydrogen-bond donors (Lipinski definition) is 1. The van der Waals surface area contributed by atoms with E-state index >= 15 is 0 Å². The number of hydrogen-bond acceptors (Lipinski definition) is 7. The lowest BCUT2D eigenvalue weighted by Crippen LogP contribution is -2.54. The van der Waals surface area contributed by atoms with Crippen molar-refractivity contribution in [3.63, 3.8) is 0 Å². The second kappa shape index (κ2) is 12.3. The number of nitrogens with one attached hydrogen (secondary N) is 1. The van der Waals surface area contributed by atoms with Crippen molar-refractivity contribution in [3.8, 4) is 5.88 Å². The van der Waals surface area contributed by atoms with Crippen molar-refractivity contribution in [2.45, 2.75) is 57.2 Å². The van der Waals surface area contributed by atoms with Gasteiger partial charge in [-0.05, 0) is 49.9 Å². The van der Waals surface area contributed by atoms with Crippen molar-refractivity contribution in [2.24, 2.45) is 0 Å². The third kappa shape index (κ3) is 7.06. The molecule has 0 unspecified atom stereocenters. The molecule has 2 aliphatic rings. The molecule has 13 heteroatoms. The van der Waals surface area contributed by atoms with Crippen LogP contribution in [0.1, 0.15) is 46.7 Å². The summed E-state index contributed by atoms with van der Waals surface area (Å²) >= 11 is 12.0. The van der Waals surface area contributed by atoms with Gasteiger partial charge in [0.15, 0.2) is 0 Å². The van der Waals surface area contributed by atoms with Gasteiger partial charge in [0.1, 0.15) is 12.3 Å². The van der Waals surface area contributed by atoms with Gasteiger partial charge in [-0.25, -0.2) is 4.98 Å². The van der Waals surface area contributed by atoms with Gasteiger partial charge in [-0.2, -0.15) is 18.2 Å². The summed E-state index contributed by atoms with van der Waals surface area (Å²) in [7, 11) is 1.65. The molecule has 0 saturated carbocycles. The first-order chi connectivity index (χ1) is 18.0. The fourth-order valence-electron chi connectivity index (χ4n) is 4.65. The number of piperidine rings is 1.